The maximum Gasteiger partial charge on any atom is 0.290 e. The topological polar surface area (TPSA) is 92.9 Å². The van der Waals surface area contributed by atoms with Crippen LogP contribution in [0.4, 0.5) is 0 Å². The minimum atomic E-state index is -0.781. The number of ketones is 1. The first-order valence-electron chi connectivity index (χ1n) is 9.61. The van der Waals surface area contributed by atoms with Crippen LogP contribution in [-0.2, 0) is 16.1 Å². The van der Waals surface area contributed by atoms with E-state index in [4.69, 9.17) is 9.15 Å². The van der Waals surface area contributed by atoms with E-state index < -0.39 is 23.5 Å². The van der Waals surface area contributed by atoms with Crippen LogP contribution in [0.1, 0.15) is 22.9 Å². The van der Waals surface area contributed by atoms with Crippen molar-refractivity contribution >= 4 is 17.8 Å². The highest BCUT2D eigenvalue weighted by molar-refractivity contribution is 6.14. The van der Waals surface area contributed by atoms with Crippen LogP contribution in [-0.4, -0.2) is 33.8 Å². The molecule has 1 aliphatic heterocycles. The van der Waals surface area contributed by atoms with Gasteiger partial charge in [-0.25, -0.2) is 0 Å². The van der Waals surface area contributed by atoms with Gasteiger partial charge in [-0.2, -0.15) is 0 Å². The highest BCUT2D eigenvalue weighted by Crippen LogP contribution is 2.39. The summed E-state index contributed by atoms with van der Waals surface area (Å²) in [5.74, 6) is -0.598. The molecule has 7 nitrogen and oxygen atoms in total. The Balaban J connectivity index is 1.75. The van der Waals surface area contributed by atoms with Crippen molar-refractivity contribution in [3.8, 4) is 5.75 Å². The van der Waals surface area contributed by atoms with Crippen LogP contribution >= 0.6 is 0 Å². The van der Waals surface area contributed by atoms with E-state index in [1.165, 1.54) is 30.4 Å². The zero-order valence-electron chi connectivity index (χ0n) is 16.8. The Morgan fingerprint density at radius 1 is 1.26 bits per heavy atom. The van der Waals surface area contributed by atoms with Crippen LogP contribution in [0.2, 0.25) is 0 Å². The molecule has 7 heteroatoms. The SMILES string of the molecule is COc1cccc([C@@H]2C(C(=O)/C=C/c3ccco3)=C(O)C(=O)N2Cc2cccnc2)c1. The summed E-state index contributed by atoms with van der Waals surface area (Å²) in [5.41, 5.74) is 1.43. The molecule has 156 valence electrons. The van der Waals surface area contributed by atoms with E-state index in [9.17, 15) is 14.7 Å². The van der Waals surface area contributed by atoms with Gasteiger partial charge in [0.25, 0.3) is 5.91 Å². The Bertz CT molecular complexity index is 1150. The number of nitrogens with zero attached hydrogens (tertiary/aromatic N) is 2. The molecule has 1 atom stereocenters. The summed E-state index contributed by atoms with van der Waals surface area (Å²) in [5, 5.41) is 10.7. The van der Waals surface area contributed by atoms with Gasteiger partial charge in [0.15, 0.2) is 11.5 Å². The number of amides is 1. The molecule has 4 rings (SSSR count). The Hall–Kier alpha value is -4.13. The standard InChI is InChI=1S/C24H20N2O5/c1-30-19-7-2-6-17(13-19)22-21(20(27)10-9-18-8-4-12-31-18)23(28)24(29)26(22)15-16-5-3-11-25-14-16/h2-14,22,28H,15H2,1H3/b10-9+/t22-/m1/s1. The molecular formula is C24H20N2O5. The number of rotatable bonds is 7. The predicted molar refractivity (Wildman–Crippen MR) is 113 cm³/mol. The Kier molecular flexibility index (Phi) is 5.66. The maximum absolute atomic E-state index is 13.1. The first-order valence-corrected chi connectivity index (χ1v) is 9.61. The predicted octanol–water partition coefficient (Wildman–Crippen LogP) is 3.86. The molecule has 31 heavy (non-hydrogen) atoms. The van der Waals surface area contributed by atoms with Gasteiger partial charge in [-0.3, -0.25) is 14.6 Å². The van der Waals surface area contributed by atoms with E-state index in [-0.39, 0.29) is 12.1 Å². The molecule has 0 saturated carbocycles. The number of carbonyl (C=O) groups excluding carboxylic acids is 2. The quantitative estimate of drug-likeness (QED) is 0.588. The number of aromatic nitrogens is 1. The minimum Gasteiger partial charge on any atom is -0.503 e. The summed E-state index contributed by atoms with van der Waals surface area (Å²) >= 11 is 0. The van der Waals surface area contributed by atoms with Crippen LogP contribution in [0.5, 0.6) is 5.75 Å². The Morgan fingerprint density at radius 2 is 2.13 bits per heavy atom. The van der Waals surface area contributed by atoms with E-state index in [0.717, 1.165) is 5.56 Å². The summed E-state index contributed by atoms with van der Waals surface area (Å²) in [7, 11) is 1.54. The number of benzene rings is 1. The molecular weight excluding hydrogens is 396 g/mol. The van der Waals surface area contributed by atoms with E-state index in [0.29, 0.717) is 17.1 Å². The second-order valence-electron chi connectivity index (χ2n) is 6.95. The number of hydrogen-bond acceptors (Lipinski definition) is 6. The highest BCUT2D eigenvalue weighted by atomic mass is 16.5. The summed E-state index contributed by atoms with van der Waals surface area (Å²) in [6.45, 7) is 0.178. The van der Waals surface area contributed by atoms with Gasteiger partial charge >= 0.3 is 0 Å². The molecule has 0 saturated heterocycles. The lowest BCUT2D eigenvalue weighted by Crippen LogP contribution is -2.30. The molecule has 3 aromatic rings. The number of aliphatic hydroxyl groups excluding tert-OH is 1. The van der Waals surface area contributed by atoms with E-state index in [1.54, 1.807) is 54.9 Å². The van der Waals surface area contributed by atoms with E-state index in [2.05, 4.69) is 4.98 Å². The van der Waals surface area contributed by atoms with Crippen LogP contribution in [0, 0.1) is 0 Å². The molecule has 0 unspecified atom stereocenters. The van der Waals surface area contributed by atoms with Crippen molar-refractivity contribution in [3.05, 3.63) is 101 Å². The number of furan rings is 1. The molecule has 1 aliphatic rings. The van der Waals surface area contributed by atoms with Crippen molar-refractivity contribution in [2.24, 2.45) is 0 Å². The monoisotopic (exact) mass is 416 g/mol. The van der Waals surface area contributed by atoms with Gasteiger partial charge in [0.1, 0.15) is 11.5 Å². The summed E-state index contributed by atoms with van der Waals surface area (Å²) < 4.78 is 10.5. The van der Waals surface area contributed by atoms with Gasteiger partial charge in [0, 0.05) is 18.9 Å². The Labute approximate surface area is 178 Å². The van der Waals surface area contributed by atoms with Gasteiger partial charge in [0.05, 0.1) is 25.0 Å². The lowest BCUT2D eigenvalue weighted by molar-refractivity contribution is -0.130. The molecule has 1 aromatic carbocycles. The van der Waals surface area contributed by atoms with Gasteiger partial charge in [-0.1, -0.05) is 18.2 Å². The second-order valence-corrected chi connectivity index (χ2v) is 6.95. The average molecular weight is 416 g/mol. The smallest absolute Gasteiger partial charge is 0.290 e. The van der Waals surface area contributed by atoms with Gasteiger partial charge < -0.3 is 19.2 Å². The molecule has 0 aliphatic carbocycles. The molecule has 3 heterocycles. The fourth-order valence-electron chi connectivity index (χ4n) is 3.55. The maximum atomic E-state index is 13.1. The minimum absolute atomic E-state index is 0.00458. The third-order valence-corrected chi connectivity index (χ3v) is 5.00. The van der Waals surface area contributed by atoms with Crippen LogP contribution in [0.3, 0.4) is 0 Å². The molecule has 0 spiro atoms. The molecule has 1 amide bonds. The van der Waals surface area contributed by atoms with Gasteiger partial charge in [-0.15, -0.1) is 0 Å². The van der Waals surface area contributed by atoms with Crippen molar-refractivity contribution in [1.29, 1.82) is 0 Å². The van der Waals surface area contributed by atoms with E-state index >= 15 is 0 Å². The molecule has 2 aromatic heterocycles. The van der Waals surface area contributed by atoms with Crippen molar-refractivity contribution in [3.63, 3.8) is 0 Å². The van der Waals surface area contributed by atoms with Gasteiger partial charge in [-0.05, 0) is 53.6 Å². The second kappa shape index (κ2) is 8.71. The zero-order valence-corrected chi connectivity index (χ0v) is 16.8. The first kappa shape index (κ1) is 20.2. The molecule has 0 fully saturated rings. The number of pyridine rings is 1. The number of methoxy groups -OCH3 is 1. The summed E-state index contributed by atoms with van der Waals surface area (Å²) in [6, 6.07) is 13.3. The molecule has 0 radical (unpaired) electrons. The van der Waals surface area contributed by atoms with Crippen LogP contribution in [0.15, 0.2) is 89.0 Å². The van der Waals surface area contributed by atoms with Crippen molar-refractivity contribution in [1.82, 2.24) is 9.88 Å². The number of carbonyl (C=O) groups is 2. The van der Waals surface area contributed by atoms with Gasteiger partial charge in [0.2, 0.25) is 0 Å². The number of allylic oxidation sites excluding steroid dienone is 1. The lowest BCUT2D eigenvalue weighted by Gasteiger charge is -2.26. The largest absolute Gasteiger partial charge is 0.503 e. The van der Waals surface area contributed by atoms with Crippen molar-refractivity contribution < 1.29 is 23.8 Å². The lowest BCUT2D eigenvalue weighted by atomic mass is 9.95. The van der Waals surface area contributed by atoms with Crippen molar-refractivity contribution in [2.75, 3.05) is 7.11 Å². The third-order valence-electron chi connectivity index (χ3n) is 5.00. The normalized spacial score (nSPS) is 16.4. The first-order chi connectivity index (χ1) is 15.1. The summed E-state index contributed by atoms with van der Waals surface area (Å²) in [4.78, 5) is 31.6. The number of hydrogen-bond donors (Lipinski definition) is 1. The fourth-order valence-corrected chi connectivity index (χ4v) is 3.55. The highest BCUT2D eigenvalue weighted by Gasteiger charge is 2.43. The average Bonchev–Trinajstić information content (AvgIpc) is 3.41. The van der Waals surface area contributed by atoms with E-state index in [1.807, 2.05) is 6.07 Å². The van der Waals surface area contributed by atoms with Crippen molar-refractivity contribution in [2.45, 2.75) is 12.6 Å². The molecule has 0 bridgehead atoms. The third kappa shape index (κ3) is 4.11. The number of ether oxygens (including phenoxy) is 1. The van der Waals surface area contributed by atoms with Crippen LogP contribution in [0.25, 0.3) is 6.08 Å². The molecule has 1 N–H and O–H groups in total. The zero-order chi connectivity index (χ0) is 21.8. The Morgan fingerprint density at radius 3 is 2.84 bits per heavy atom. The van der Waals surface area contributed by atoms with Crippen LogP contribution < -0.4 is 4.74 Å². The summed E-state index contributed by atoms with van der Waals surface area (Å²) in [6.07, 6.45) is 7.56. The number of aliphatic hydroxyl groups is 1. The fraction of sp³-hybridized carbons (Fsp3) is 0.125.